The molecule has 0 aliphatic heterocycles. The number of nitrogens with zero attached hydrogens (tertiary/aromatic N) is 3. The first-order valence-electron chi connectivity index (χ1n) is 7.65. The van der Waals surface area contributed by atoms with Crippen LogP contribution < -0.4 is 20.1 Å². The summed E-state index contributed by atoms with van der Waals surface area (Å²) in [5, 5.41) is 10.1. The molecular weight excluding hydrogens is 310 g/mol. The van der Waals surface area contributed by atoms with Gasteiger partial charge < -0.3 is 24.6 Å². The number of benzene rings is 1. The molecule has 0 saturated carbocycles. The summed E-state index contributed by atoms with van der Waals surface area (Å²) in [6, 6.07) is 7.55. The maximum Gasteiger partial charge on any atom is 0.223 e. The quantitative estimate of drug-likeness (QED) is 0.586. The summed E-state index contributed by atoms with van der Waals surface area (Å²) >= 11 is 0. The first-order chi connectivity index (χ1) is 11.6. The number of nitrogens with one attached hydrogen (secondary N) is 2. The topological polar surface area (TPSA) is 93.8 Å². The van der Waals surface area contributed by atoms with Gasteiger partial charge in [-0.15, -0.1) is 0 Å². The summed E-state index contributed by atoms with van der Waals surface area (Å²) in [5.74, 6) is 3.16. The van der Waals surface area contributed by atoms with Crippen molar-refractivity contribution in [2.24, 2.45) is 4.99 Å². The third-order valence-electron chi connectivity index (χ3n) is 3.16. The van der Waals surface area contributed by atoms with Gasteiger partial charge in [-0.25, -0.2) is 0 Å². The molecule has 0 amide bonds. The first kappa shape index (κ1) is 17.6. The number of rotatable bonds is 7. The van der Waals surface area contributed by atoms with Crippen LogP contribution in [0.2, 0.25) is 0 Å². The number of aliphatic imine (C=N–C) groups is 1. The molecule has 24 heavy (non-hydrogen) atoms. The fourth-order valence-corrected chi connectivity index (χ4v) is 2.01. The van der Waals surface area contributed by atoms with Gasteiger partial charge in [0, 0.05) is 14.0 Å². The molecule has 8 heteroatoms. The van der Waals surface area contributed by atoms with Crippen LogP contribution in [0.25, 0.3) is 0 Å². The molecule has 2 aromatic rings. The molecule has 1 atom stereocenters. The van der Waals surface area contributed by atoms with E-state index in [1.54, 1.807) is 21.1 Å². The van der Waals surface area contributed by atoms with Crippen LogP contribution in [0.3, 0.4) is 0 Å². The van der Waals surface area contributed by atoms with Crippen LogP contribution in [0.4, 0.5) is 0 Å². The van der Waals surface area contributed by atoms with Crippen molar-refractivity contribution >= 4 is 5.96 Å². The third kappa shape index (κ3) is 5.15. The lowest BCUT2D eigenvalue weighted by Crippen LogP contribution is -2.41. The van der Waals surface area contributed by atoms with Gasteiger partial charge in [0.25, 0.3) is 0 Å². The van der Waals surface area contributed by atoms with Gasteiger partial charge in [0.05, 0.1) is 20.2 Å². The molecule has 2 N–H and O–H groups in total. The highest BCUT2D eigenvalue weighted by Gasteiger charge is 2.10. The highest BCUT2D eigenvalue weighted by atomic mass is 16.5. The molecule has 1 unspecified atom stereocenters. The Labute approximate surface area is 141 Å². The summed E-state index contributed by atoms with van der Waals surface area (Å²) < 4.78 is 16.1. The molecule has 130 valence electrons. The first-order valence-corrected chi connectivity index (χ1v) is 7.65. The second kappa shape index (κ2) is 8.76. The maximum absolute atomic E-state index is 5.89. The van der Waals surface area contributed by atoms with Gasteiger partial charge >= 0.3 is 0 Å². The maximum atomic E-state index is 5.89. The fraction of sp³-hybridized carbons (Fsp3) is 0.438. The van der Waals surface area contributed by atoms with Crippen molar-refractivity contribution in [3.05, 3.63) is 36.0 Å². The smallest absolute Gasteiger partial charge is 0.223 e. The van der Waals surface area contributed by atoms with E-state index in [0.29, 0.717) is 42.3 Å². The summed E-state index contributed by atoms with van der Waals surface area (Å²) in [7, 11) is 3.32. The number of methoxy groups -OCH3 is 1. The molecule has 8 nitrogen and oxygen atoms in total. The molecule has 1 aromatic heterocycles. The Hall–Kier alpha value is -2.77. The average Bonchev–Trinajstić information content (AvgIpc) is 3.01. The van der Waals surface area contributed by atoms with Crippen molar-refractivity contribution in [3.8, 4) is 11.5 Å². The lowest BCUT2D eigenvalue weighted by atomic mass is 10.3. The van der Waals surface area contributed by atoms with Crippen molar-refractivity contribution < 1.29 is 14.0 Å². The Morgan fingerprint density at radius 1 is 1.29 bits per heavy atom. The molecule has 0 bridgehead atoms. The summed E-state index contributed by atoms with van der Waals surface area (Å²) in [4.78, 5) is 8.28. The number of para-hydroxylation sites is 2. The van der Waals surface area contributed by atoms with Crippen molar-refractivity contribution in [1.82, 2.24) is 20.8 Å². The highest BCUT2D eigenvalue weighted by Crippen LogP contribution is 2.26. The minimum Gasteiger partial charge on any atom is -0.493 e. The van der Waals surface area contributed by atoms with Crippen LogP contribution in [0.15, 0.2) is 33.8 Å². The normalized spacial score (nSPS) is 12.6. The van der Waals surface area contributed by atoms with Crippen LogP contribution in [0, 0.1) is 6.92 Å². The molecule has 1 heterocycles. The monoisotopic (exact) mass is 333 g/mol. The number of guanidine groups is 1. The van der Waals surface area contributed by atoms with E-state index in [0.717, 1.165) is 0 Å². The molecule has 0 saturated heterocycles. The molecule has 1 aromatic carbocycles. The van der Waals surface area contributed by atoms with E-state index in [2.05, 4.69) is 25.8 Å². The van der Waals surface area contributed by atoms with E-state index in [1.165, 1.54) is 0 Å². The Kier molecular flexibility index (Phi) is 6.41. The summed E-state index contributed by atoms with van der Waals surface area (Å²) in [6.45, 7) is 4.72. The number of aryl methyl sites for hydroxylation is 1. The third-order valence-corrected chi connectivity index (χ3v) is 3.16. The van der Waals surface area contributed by atoms with E-state index >= 15 is 0 Å². The second-order valence-electron chi connectivity index (χ2n) is 5.12. The van der Waals surface area contributed by atoms with Gasteiger partial charge in [-0.1, -0.05) is 17.3 Å². The molecule has 0 aliphatic carbocycles. The van der Waals surface area contributed by atoms with Crippen molar-refractivity contribution in [2.75, 3.05) is 20.7 Å². The number of hydrogen-bond donors (Lipinski definition) is 2. The zero-order valence-corrected chi connectivity index (χ0v) is 14.4. The van der Waals surface area contributed by atoms with E-state index in [1.807, 2.05) is 31.2 Å². The number of hydrogen-bond acceptors (Lipinski definition) is 6. The highest BCUT2D eigenvalue weighted by molar-refractivity contribution is 5.79. The number of aromatic nitrogens is 2. The average molecular weight is 333 g/mol. The van der Waals surface area contributed by atoms with E-state index in [-0.39, 0.29) is 6.10 Å². The Bertz CT molecular complexity index is 671. The summed E-state index contributed by atoms with van der Waals surface area (Å²) in [6.07, 6.45) is -0.0766. The Morgan fingerprint density at radius 3 is 2.67 bits per heavy atom. The molecular formula is C16H23N5O3. The molecule has 0 radical (unpaired) electrons. The van der Waals surface area contributed by atoms with Crippen molar-refractivity contribution in [1.29, 1.82) is 0 Å². The molecule has 2 rings (SSSR count). The summed E-state index contributed by atoms with van der Waals surface area (Å²) in [5.41, 5.74) is 0. The largest absolute Gasteiger partial charge is 0.493 e. The zero-order chi connectivity index (χ0) is 17.4. The minimum absolute atomic E-state index is 0.0766. The zero-order valence-electron chi connectivity index (χ0n) is 14.4. The van der Waals surface area contributed by atoms with Crippen LogP contribution in [-0.2, 0) is 6.54 Å². The van der Waals surface area contributed by atoms with Gasteiger partial charge in [-0.3, -0.25) is 4.99 Å². The van der Waals surface area contributed by atoms with Gasteiger partial charge in [-0.2, -0.15) is 4.98 Å². The van der Waals surface area contributed by atoms with Gasteiger partial charge in [0.15, 0.2) is 23.3 Å². The van der Waals surface area contributed by atoms with Crippen LogP contribution in [0.1, 0.15) is 18.6 Å². The van der Waals surface area contributed by atoms with E-state index in [4.69, 9.17) is 14.0 Å². The van der Waals surface area contributed by atoms with Crippen LogP contribution in [-0.4, -0.2) is 42.9 Å². The SMILES string of the molecule is CN=C(NCc1noc(C)n1)NCC(C)Oc1ccccc1OC. The van der Waals surface area contributed by atoms with Crippen LogP contribution in [0.5, 0.6) is 11.5 Å². The lowest BCUT2D eigenvalue weighted by Gasteiger charge is -2.18. The molecule has 0 fully saturated rings. The van der Waals surface area contributed by atoms with E-state index in [9.17, 15) is 0 Å². The van der Waals surface area contributed by atoms with Gasteiger partial charge in [0.1, 0.15) is 6.10 Å². The second-order valence-corrected chi connectivity index (χ2v) is 5.12. The standard InChI is InChI=1S/C16H23N5O3/c1-11(23-14-8-6-5-7-13(14)22-4)9-18-16(17-3)19-10-15-20-12(2)24-21-15/h5-8,11H,9-10H2,1-4H3,(H2,17,18,19). The Balaban J connectivity index is 1.79. The van der Waals surface area contributed by atoms with Crippen molar-refractivity contribution in [3.63, 3.8) is 0 Å². The van der Waals surface area contributed by atoms with Crippen LogP contribution >= 0.6 is 0 Å². The fourth-order valence-electron chi connectivity index (χ4n) is 2.01. The van der Waals surface area contributed by atoms with E-state index < -0.39 is 0 Å². The molecule has 0 spiro atoms. The minimum atomic E-state index is -0.0766. The van der Waals surface area contributed by atoms with Gasteiger partial charge in [-0.05, 0) is 19.1 Å². The number of ether oxygens (including phenoxy) is 2. The lowest BCUT2D eigenvalue weighted by molar-refractivity contribution is 0.213. The molecule has 0 aliphatic rings. The predicted molar refractivity (Wildman–Crippen MR) is 90.3 cm³/mol. The predicted octanol–water partition coefficient (Wildman–Crippen LogP) is 1.52. The van der Waals surface area contributed by atoms with Crippen molar-refractivity contribution in [2.45, 2.75) is 26.5 Å². The van der Waals surface area contributed by atoms with Gasteiger partial charge in [0.2, 0.25) is 5.89 Å². The Morgan fingerprint density at radius 2 is 2.04 bits per heavy atom.